The molecule has 14 heavy (non-hydrogen) atoms. The Morgan fingerprint density at radius 2 is 2.29 bits per heavy atom. The molecule has 1 aromatic heterocycles. The number of H-pyrrole nitrogens is 1. The molecule has 6 heteroatoms. The number of pyridine rings is 1. The van der Waals surface area contributed by atoms with Crippen molar-refractivity contribution in [2.75, 3.05) is 0 Å². The number of amides is 1. The van der Waals surface area contributed by atoms with E-state index in [-0.39, 0.29) is 12.1 Å². The fourth-order valence-electron chi connectivity index (χ4n) is 0.865. The lowest BCUT2D eigenvalue weighted by atomic mass is 10.3. The number of alkyl halides is 2. The van der Waals surface area contributed by atoms with Crippen LogP contribution in [-0.4, -0.2) is 17.3 Å². The second kappa shape index (κ2) is 4.50. The van der Waals surface area contributed by atoms with Crippen molar-refractivity contribution in [2.24, 2.45) is 0 Å². The van der Waals surface area contributed by atoms with Gasteiger partial charge in [0, 0.05) is 18.8 Å². The molecule has 0 bridgehead atoms. The number of hydrogen-bond donors (Lipinski definition) is 2. The quantitative estimate of drug-likeness (QED) is 0.738. The van der Waals surface area contributed by atoms with Crippen molar-refractivity contribution in [3.63, 3.8) is 0 Å². The number of rotatable bonds is 3. The second-order valence-corrected chi connectivity index (χ2v) is 2.58. The lowest BCUT2D eigenvalue weighted by Crippen LogP contribution is -2.29. The Morgan fingerprint density at radius 1 is 1.57 bits per heavy atom. The zero-order chi connectivity index (χ0) is 10.6. The van der Waals surface area contributed by atoms with Gasteiger partial charge in [-0.15, -0.1) is 0 Å². The minimum atomic E-state index is -3.03. The van der Waals surface area contributed by atoms with E-state index in [1.165, 1.54) is 18.3 Å². The highest BCUT2D eigenvalue weighted by atomic mass is 19.3. The number of carbonyl (C=O) groups excluding carboxylic acids is 1. The van der Waals surface area contributed by atoms with Crippen LogP contribution in [0.4, 0.5) is 8.78 Å². The normalized spacial score (nSPS) is 10.2. The average molecular weight is 202 g/mol. The number of aromatic nitrogens is 1. The number of carbonyl (C=O) groups is 1. The zero-order valence-electron chi connectivity index (χ0n) is 7.09. The minimum Gasteiger partial charge on any atom is -0.347 e. The van der Waals surface area contributed by atoms with Crippen LogP contribution in [0.1, 0.15) is 5.56 Å². The molecule has 0 aromatic carbocycles. The van der Waals surface area contributed by atoms with Crippen molar-refractivity contribution in [1.29, 1.82) is 0 Å². The van der Waals surface area contributed by atoms with Crippen LogP contribution in [0.3, 0.4) is 0 Å². The number of hydrogen-bond acceptors (Lipinski definition) is 2. The predicted octanol–water partition coefficient (Wildman–Crippen LogP) is 0.256. The molecule has 0 fully saturated rings. The molecular formula is C8H8F2N2O2. The van der Waals surface area contributed by atoms with Gasteiger partial charge < -0.3 is 10.3 Å². The van der Waals surface area contributed by atoms with Gasteiger partial charge in [0.25, 0.3) is 5.91 Å². The van der Waals surface area contributed by atoms with Crippen LogP contribution in [0.15, 0.2) is 23.1 Å². The summed E-state index contributed by atoms with van der Waals surface area (Å²) in [6.07, 6.45) is -1.65. The van der Waals surface area contributed by atoms with Crippen LogP contribution < -0.4 is 10.9 Å². The Balaban J connectivity index is 2.54. The maximum atomic E-state index is 11.7. The molecular weight excluding hydrogens is 194 g/mol. The first-order valence-corrected chi connectivity index (χ1v) is 3.83. The number of aromatic amines is 1. The standard InChI is InChI=1S/C8H8F2N2O2/c9-7(10)8(14)12-4-5-1-2-11-6(13)3-5/h1-3,7H,4H2,(H,11,13)(H,12,14). The molecule has 0 saturated carbocycles. The fourth-order valence-corrected chi connectivity index (χ4v) is 0.865. The van der Waals surface area contributed by atoms with Crippen LogP contribution in [0.5, 0.6) is 0 Å². The molecule has 0 atom stereocenters. The van der Waals surface area contributed by atoms with Gasteiger partial charge in [-0.2, -0.15) is 8.78 Å². The largest absolute Gasteiger partial charge is 0.347 e. The molecule has 4 nitrogen and oxygen atoms in total. The van der Waals surface area contributed by atoms with Gasteiger partial charge in [0.1, 0.15) is 0 Å². The van der Waals surface area contributed by atoms with E-state index < -0.39 is 12.3 Å². The third kappa shape index (κ3) is 2.96. The van der Waals surface area contributed by atoms with E-state index in [9.17, 15) is 18.4 Å². The van der Waals surface area contributed by atoms with Gasteiger partial charge in [-0.1, -0.05) is 0 Å². The molecule has 0 aliphatic carbocycles. The van der Waals surface area contributed by atoms with Gasteiger partial charge in [-0.3, -0.25) is 9.59 Å². The fraction of sp³-hybridized carbons (Fsp3) is 0.250. The molecule has 0 aliphatic rings. The van der Waals surface area contributed by atoms with E-state index in [2.05, 4.69) is 4.98 Å². The SMILES string of the molecule is O=C(NCc1cc[nH]c(=O)c1)C(F)F. The highest BCUT2D eigenvalue weighted by Crippen LogP contribution is 1.95. The first kappa shape index (κ1) is 10.4. The van der Waals surface area contributed by atoms with E-state index in [0.717, 1.165) is 0 Å². The lowest BCUT2D eigenvalue weighted by Gasteiger charge is -2.03. The molecule has 0 saturated heterocycles. The Bertz CT molecular complexity index is 376. The van der Waals surface area contributed by atoms with Crippen LogP contribution in [-0.2, 0) is 11.3 Å². The molecule has 2 N–H and O–H groups in total. The number of nitrogens with one attached hydrogen (secondary N) is 2. The van der Waals surface area contributed by atoms with Crippen LogP contribution in [0.25, 0.3) is 0 Å². The topological polar surface area (TPSA) is 62.0 Å². The summed E-state index contributed by atoms with van der Waals surface area (Å²) in [6.45, 7) is -0.0763. The molecule has 0 aliphatic heterocycles. The third-order valence-electron chi connectivity index (χ3n) is 1.50. The van der Waals surface area contributed by atoms with Crippen molar-refractivity contribution in [3.05, 3.63) is 34.2 Å². The summed E-state index contributed by atoms with van der Waals surface area (Å²) in [5, 5.41) is 1.98. The van der Waals surface area contributed by atoms with Gasteiger partial charge >= 0.3 is 6.43 Å². The van der Waals surface area contributed by atoms with Crippen LogP contribution >= 0.6 is 0 Å². The van der Waals surface area contributed by atoms with E-state index in [0.29, 0.717) is 5.56 Å². The Morgan fingerprint density at radius 3 is 2.86 bits per heavy atom. The van der Waals surface area contributed by atoms with E-state index >= 15 is 0 Å². The van der Waals surface area contributed by atoms with Gasteiger partial charge in [-0.25, -0.2) is 0 Å². The smallest absolute Gasteiger partial charge is 0.315 e. The van der Waals surface area contributed by atoms with Crippen molar-refractivity contribution >= 4 is 5.91 Å². The zero-order valence-corrected chi connectivity index (χ0v) is 7.09. The van der Waals surface area contributed by atoms with Crippen molar-refractivity contribution in [3.8, 4) is 0 Å². The molecule has 1 rings (SSSR count). The predicted molar refractivity (Wildman–Crippen MR) is 44.9 cm³/mol. The molecule has 1 amide bonds. The first-order valence-electron chi connectivity index (χ1n) is 3.83. The summed E-state index contributed by atoms with van der Waals surface area (Å²) >= 11 is 0. The summed E-state index contributed by atoms with van der Waals surface area (Å²) < 4.78 is 23.5. The lowest BCUT2D eigenvalue weighted by molar-refractivity contribution is -0.131. The van der Waals surface area contributed by atoms with Crippen LogP contribution in [0, 0.1) is 0 Å². The van der Waals surface area contributed by atoms with Crippen molar-refractivity contribution in [1.82, 2.24) is 10.3 Å². The summed E-state index contributed by atoms with van der Waals surface area (Å²) in [5.41, 5.74) is 0.136. The molecule has 76 valence electrons. The minimum absolute atomic E-state index is 0.0763. The summed E-state index contributed by atoms with van der Waals surface area (Å²) in [5.74, 6) is -1.34. The molecule has 0 unspecified atom stereocenters. The molecule has 1 heterocycles. The maximum Gasteiger partial charge on any atom is 0.315 e. The monoisotopic (exact) mass is 202 g/mol. The summed E-state index contributed by atoms with van der Waals surface area (Å²) in [7, 11) is 0. The average Bonchev–Trinajstić information content (AvgIpc) is 2.14. The van der Waals surface area contributed by atoms with Gasteiger partial charge in [0.15, 0.2) is 0 Å². The van der Waals surface area contributed by atoms with Gasteiger partial charge in [0.2, 0.25) is 5.56 Å². The Hall–Kier alpha value is -1.72. The first-order chi connectivity index (χ1) is 6.59. The van der Waals surface area contributed by atoms with Crippen molar-refractivity contribution in [2.45, 2.75) is 13.0 Å². The van der Waals surface area contributed by atoms with Gasteiger partial charge in [0.05, 0.1) is 0 Å². The van der Waals surface area contributed by atoms with E-state index in [1.54, 1.807) is 0 Å². The maximum absolute atomic E-state index is 11.7. The molecule has 0 spiro atoms. The number of halogens is 2. The third-order valence-corrected chi connectivity index (χ3v) is 1.50. The Labute approximate surface area is 77.9 Å². The van der Waals surface area contributed by atoms with Crippen molar-refractivity contribution < 1.29 is 13.6 Å². The highest BCUT2D eigenvalue weighted by molar-refractivity contribution is 5.78. The van der Waals surface area contributed by atoms with E-state index in [1.807, 2.05) is 5.32 Å². The molecule has 0 radical (unpaired) electrons. The van der Waals surface area contributed by atoms with Gasteiger partial charge in [-0.05, 0) is 11.6 Å². The molecule has 1 aromatic rings. The summed E-state index contributed by atoms with van der Waals surface area (Å²) in [4.78, 5) is 23.6. The highest BCUT2D eigenvalue weighted by Gasteiger charge is 2.13. The van der Waals surface area contributed by atoms with Crippen LogP contribution in [0.2, 0.25) is 0 Å². The summed E-state index contributed by atoms with van der Waals surface area (Å²) in [6, 6.07) is 2.75. The second-order valence-electron chi connectivity index (χ2n) is 2.58. The Kier molecular flexibility index (Phi) is 3.33. The van der Waals surface area contributed by atoms with E-state index in [4.69, 9.17) is 0 Å².